The van der Waals surface area contributed by atoms with Crippen LogP contribution in [0.25, 0.3) is 0 Å². The fourth-order valence-electron chi connectivity index (χ4n) is 1.53. The Morgan fingerprint density at radius 3 is 2.25 bits per heavy atom. The van der Waals surface area contributed by atoms with E-state index in [9.17, 15) is 0 Å². The fraction of sp³-hybridized carbons (Fsp3) is 0.538. The van der Waals surface area contributed by atoms with Crippen molar-refractivity contribution in [2.45, 2.75) is 13.5 Å². The van der Waals surface area contributed by atoms with Gasteiger partial charge in [0.15, 0.2) is 0 Å². The maximum Gasteiger partial charge on any atom is 0.0657 e. The maximum atomic E-state index is 5.68. The lowest BCUT2D eigenvalue weighted by molar-refractivity contribution is -0.147. The van der Waals surface area contributed by atoms with E-state index < -0.39 is 10.0 Å². The molecule has 3 heteroatoms. The number of benzene rings is 1. The molecule has 0 aromatic heterocycles. The highest BCUT2D eigenvalue weighted by atomic mass is 32.3. The van der Waals surface area contributed by atoms with Crippen LogP contribution in [0.4, 0.5) is 0 Å². The SMILES string of the molecule is CCON(Cc1ccccc1)CS(C)(C)C. The van der Waals surface area contributed by atoms with E-state index in [1.165, 1.54) is 5.56 Å². The third-order valence-corrected chi connectivity index (χ3v) is 3.11. The average molecular weight is 241 g/mol. The molecule has 1 rings (SSSR count). The Balaban J connectivity index is 2.58. The number of hydroxylamine groups is 2. The third-order valence-electron chi connectivity index (χ3n) is 2.04. The van der Waals surface area contributed by atoms with Gasteiger partial charge in [0, 0.05) is 6.54 Å². The van der Waals surface area contributed by atoms with Gasteiger partial charge in [-0.1, -0.05) is 30.3 Å². The highest BCUT2D eigenvalue weighted by Gasteiger charge is 2.12. The monoisotopic (exact) mass is 241 g/mol. The number of rotatable bonds is 6. The predicted molar refractivity (Wildman–Crippen MR) is 73.8 cm³/mol. The molecule has 16 heavy (non-hydrogen) atoms. The summed E-state index contributed by atoms with van der Waals surface area (Å²) < 4.78 is 0. The second kappa shape index (κ2) is 6.28. The van der Waals surface area contributed by atoms with Crippen LogP contribution in [0.2, 0.25) is 0 Å². The van der Waals surface area contributed by atoms with Crippen LogP contribution in [0.15, 0.2) is 30.3 Å². The molecule has 0 heterocycles. The van der Waals surface area contributed by atoms with Crippen LogP contribution in [0.1, 0.15) is 12.5 Å². The van der Waals surface area contributed by atoms with Gasteiger partial charge >= 0.3 is 0 Å². The van der Waals surface area contributed by atoms with E-state index in [4.69, 9.17) is 4.84 Å². The van der Waals surface area contributed by atoms with Gasteiger partial charge in [0.05, 0.1) is 12.5 Å². The first-order valence-electron chi connectivity index (χ1n) is 5.59. The molecular formula is C13H23NOS. The van der Waals surface area contributed by atoms with Gasteiger partial charge in [-0.05, 0) is 31.3 Å². The van der Waals surface area contributed by atoms with Crippen LogP contribution in [-0.4, -0.2) is 36.3 Å². The zero-order chi connectivity index (χ0) is 12.0. The lowest BCUT2D eigenvalue weighted by atomic mass is 10.2. The highest BCUT2D eigenvalue weighted by molar-refractivity contribution is 8.32. The number of hydrogen-bond acceptors (Lipinski definition) is 2. The van der Waals surface area contributed by atoms with Gasteiger partial charge in [0.25, 0.3) is 0 Å². The first kappa shape index (κ1) is 13.6. The smallest absolute Gasteiger partial charge is 0.0657 e. The summed E-state index contributed by atoms with van der Waals surface area (Å²) in [4.78, 5) is 5.68. The van der Waals surface area contributed by atoms with E-state index in [0.29, 0.717) is 0 Å². The molecule has 1 aromatic rings. The summed E-state index contributed by atoms with van der Waals surface area (Å²) in [5.41, 5.74) is 1.31. The van der Waals surface area contributed by atoms with Crippen molar-refractivity contribution in [1.29, 1.82) is 0 Å². The van der Waals surface area contributed by atoms with Gasteiger partial charge in [-0.2, -0.15) is 5.06 Å². The Labute approximate surface area is 101 Å². The molecule has 0 amide bonds. The molecule has 1 aromatic carbocycles. The minimum Gasteiger partial charge on any atom is -0.298 e. The molecule has 0 unspecified atom stereocenters. The highest BCUT2D eigenvalue weighted by Crippen LogP contribution is 2.35. The topological polar surface area (TPSA) is 12.5 Å². The lowest BCUT2D eigenvalue weighted by Crippen LogP contribution is -2.27. The Kier molecular flexibility index (Phi) is 5.32. The maximum absolute atomic E-state index is 5.68. The minimum absolute atomic E-state index is 0.565. The molecular weight excluding hydrogens is 218 g/mol. The van der Waals surface area contributed by atoms with Crippen molar-refractivity contribution in [3.05, 3.63) is 35.9 Å². The zero-order valence-corrected chi connectivity index (χ0v) is 11.6. The largest absolute Gasteiger partial charge is 0.298 e. The van der Waals surface area contributed by atoms with Gasteiger partial charge in [-0.3, -0.25) is 4.84 Å². The molecule has 0 N–H and O–H groups in total. The Hall–Kier alpha value is -0.510. The van der Waals surface area contributed by atoms with Crippen molar-refractivity contribution in [2.24, 2.45) is 0 Å². The summed E-state index contributed by atoms with van der Waals surface area (Å²) in [7, 11) is -0.565. The quantitative estimate of drug-likeness (QED) is 0.710. The van der Waals surface area contributed by atoms with Crippen molar-refractivity contribution >= 4 is 10.0 Å². The van der Waals surface area contributed by atoms with Crippen molar-refractivity contribution in [2.75, 3.05) is 31.3 Å². The van der Waals surface area contributed by atoms with E-state index in [0.717, 1.165) is 19.0 Å². The number of hydrogen-bond donors (Lipinski definition) is 0. The molecule has 0 saturated carbocycles. The van der Waals surface area contributed by atoms with Crippen LogP contribution < -0.4 is 0 Å². The second-order valence-electron chi connectivity index (χ2n) is 4.76. The van der Waals surface area contributed by atoms with Gasteiger partial charge in [0.1, 0.15) is 0 Å². The molecule has 0 bridgehead atoms. The second-order valence-corrected chi connectivity index (χ2v) is 9.20. The first-order valence-corrected chi connectivity index (χ1v) is 8.62. The Bertz CT molecular complexity index is 295. The zero-order valence-electron chi connectivity index (χ0n) is 10.8. The van der Waals surface area contributed by atoms with E-state index in [1.807, 2.05) is 13.0 Å². The summed E-state index contributed by atoms with van der Waals surface area (Å²) in [6.07, 6.45) is 6.93. The van der Waals surface area contributed by atoms with Crippen LogP contribution in [0.5, 0.6) is 0 Å². The normalized spacial score (nSPS) is 13.1. The van der Waals surface area contributed by atoms with E-state index in [2.05, 4.69) is 48.1 Å². The molecule has 0 aliphatic heterocycles. The Morgan fingerprint density at radius 2 is 1.75 bits per heavy atom. The van der Waals surface area contributed by atoms with Gasteiger partial charge < -0.3 is 0 Å². The predicted octanol–water partition coefficient (Wildman–Crippen LogP) is 3.09. The molecule has 0 fully saturated rings. The van der Waals surface area contributed by atoms with E-state index in [-0.39, 0.29) is 0 Å². The van der Waals surface area contributed by atoms with Crippen LogP contribution >= 0.6 is 10.0 Å². The van der Waals surface area contributed by atoms with Crippen molar-refractivity contribution in [1.82, 2.24) is 5.06 Å². The lowest BCUT2D eigenvalue weighted by Gasteiger charge is -2.32. The van der Waals surface area contributed by atoms with E-state index in [1.54, 1.807) is 0 Å². The van der Waals surface area contributed by atoms with Crippen molar-refractivity contribution in [3.63, 3.8) is 0 Å². The average Bonchev–Trinajstić information content (AvgIpc) is 2.17. The van der Waals surface area contributed by atoms with Gasteiger partial charge in [0.2, 0.25) is 0 Å². The van der Waals surface area contributed by atoms with Gasteiger partial charge in [-0.15, -0.1) is 0 Å². The van der Waals surface area contributed by atoms with Crippen LogP contribution in [-0.2, 0) is 11.4 Å². The summed E-state index contributed by atoms with van der Waals surface area (Å²) >= 11 is 0. The molecule has 0 radical (unpaired) electrons. The molecule has 2 nitrogen and oxygen atoms in total. The standard InChI is InChI=1S/C13H23NOS/c1-5-15-14(12-16(2,3)4)11-13-9-7-6-8-10-13/h6-10H,5,11-12H2,1-4H3. The van der Waals surface area contributed by atoms with Crippen LogP contribution in [0.3, 0.4) is 0 Å². The minimum atomic E-state index is -0.565. The van der Waals surface area contributed by atoms with Crippen molar-refractivity contribution < 1.29 is 4.84 Å². The molecule has 0 saturated heterocycles. The van der Waals surface area contributed by atoms with Gasteiger partial charge in [-0.25, -0.2) is 10.0 Å². The Morgan fingerprint density at radius 1 is 1.12 bits per heavy atom. The molecule has 0 aliphatic rings. The molecule has 0 spiro atoms. The first-order chi connectivity index (χ1) is 7.51. The number of nitrogens with zero attached hydrogens (tertiary/aromatic N) is 1. The summed E-state index contributed by atoms with van der Waals surface area (Å²) in [6.45, 7) is 3.65. The summed E-state index contributed by atoms with van der Waals surface area (Å²) in [6, 6.07) is 10.5. The molecule has 0 aliphatic carbocycles. The molecule has 0 atom stereocenters. The van der Waals surface area contributed by atoms with E-state index >= 15 is 0 Å². The third kappa shape index (κ3) is 5.54. The van der Waals surface area contributed by atoms with Crippen molar-refractivity contribution in [3.8, 4) is 0 Å². The fourth-order valence-corrected chi connectivity index (χ4v) is 2.56. The summed E-state index contributed by atoms with van der Waals surface area (Å²) in [5, 5.41) is 2.09. The molecule has 92 valence electrons. The summed E-state index contributed by atoms with van der Waals surface area (Å²) in [5.74, 6) is 1.02. The van der Waals surface area contributed by atoms with Crippen LogP contribution in [0, 0.1) is 0 Å².